The fourth-order valence-corrected chi connectivity index (χ4v) is 3.45. The molecule has 1 heterocycles. The van der Waals surface area contributed by atoms with E-state index in [-0.39, 0.29) is 18.5 Å². The zero-order chi connectivity index (χ0) is 16.9. The number of H-pyrrole nitrogens is 1. The number of amides is 1. The molecule has 2 aromatic rings. The lowest BCUT2D eigenvalue weighted by atomic mass is 10.1. The highest BCUT2D eigenvalue weighted by molar-refractivity contribution is 7.71. The monoisotopic (exact) mass is 364 g/mol. The molecule has 0 radical (unpaired) electrons. The van der Waals surface area contributed by atoms with E-state index in [0.29, 0.717) is 15.6 Å². The molecule has 7 heteroatoms. The van der Waals surface area contributed by atoms with Gasteiger partial charge >= 0.3 is 0 Å². The Labute approximate surface area is 151 Å². The van der Waals surface area contributed by atoms with Crippen LogP contribution >= 0.6 is 23.8 Å². The fraction of sp³-hybridized carbons (Fsp3) is 0.471. The van der Waals surface area contributed by atoms with Crippen molar-refractivity contribution in [2.45, 2.75) is 51.1 Å². The van der Waals surface area contributed by atoms with Crippen molar-refractivity contribution in [3.05, 3.63) is 34.1 Å². The van der Waals surface area contributed by atoms with Crippen LogP contribution in [0.5, 0.6) is 0 Å². The Morgan fingerprint density at radius 2 is 1.92 bits per heavy atom. The SMILES string of the molecule is O=C(Cn1c(-c2ccc(Cl)cc2)n[nH]c1=S)NC1CCCCCC1. The third kappa shape index (κ3) is 4.24. The van der Waals surface area contributed by atoms with Gasteiger partial charge in [-0.3, -0.25) is 14.5 Å². The van der Waals surface area contributed by atoms with Gasteiger partial charge in [0.15, 0.2) is 10.6 Å². The van der Waals surface area contributed by atoms with Crippen LogP contribution in [-0.2, 0) is 11.3 Å². The van der Waals surface area contributed by atoms with E-state index in [0.717, 1.165) is 18.4 Å². The second kappa shape index (κ2) is 7.94. The first-order valence-corrected chi connectivity index (χ1v) is 9.12. The molecule has 3 rings (SSSR count). The van der Waals surface area contributed by atoms with E-state index in [4.69, 9.17) is 23.8 Å². The molecule has 0 spiro atoms. The predicted molar refractivity (Wildman–Crippen MR) is 97.5 cm³/mol. The third-order valence-electron chi connectivity index (χ3n) is 4.38. The molecular weight excluding hydrogens is 344 g/mol. The van der Waals surface area contributed by atoms with Crippen LogP contribution in [0.4, 0.5) is 0 Å². The Morgan fingerprint density at radius 3 is 2.58 bits per heavy atom. The van der Waals surface area contributed by atoms with Gasteiger partial charge in [0.05, 0.1) is 0 Å². The average molecular weight is 365 g/mol. The number of benzene rings is 1. The van der Waals surface area contributed by atoms with Crippen LogP contribution in [0, 0.1) is 4.77 Å². The number of hydrogen-bond acceptors (Lipinski definition) is 3. The Kier molecular flexibility index (Phi) is 5.68. The minimum Gasteiger partial charge on any atom is -0.352 e. The molecule has 0 bridgehead atoms. The van der Waals surface area contributed by atoms with Gasteiger partial charge in [0.1, 0.15) is 6.54 Å². The standard InChI is InChI=1S/C17H21ClN4OS/c18-13-9-7-12(8-10-13)16-20-21-17(24)22(16)11-15(23)19-14-5-3-1-2-4-6-14/h7-10,14H,1-6,11H2,(H,19,23)(H,21,24). The van der Waals surface area contributed by atoms with E-state index in [1.54, 1.807) is 16.7 Å². The topological polar surface area (TPSA) is 62.7 Å². The second-order valence-corrected chi connectivity index (χ2v) is 7.02. The first-order chi connectivity index (χ1) is 11.6. The summed E-state index contributed by atoms with van der Waals surface area (Å²) in [4.78, 5) is 12.4. The number of rotatable bonds is 4. The lowest BCUT2D eigenvalue weighted by Gasteiger charge is -2.16. The van der Waals surface area contributed by atoms with E-state index in [1.807, 2.05) is 12.1 Å². The fourth-order valence-electron chi connectivity index (χ4n) is 3.12. The van der Waals surface area contributed by atoms with Crippen LogP contribution in [0.25, 0.3) is 11.4 Å². The molecule has 1 amide bonds. The van der Waals surface area contributed by atoms with Crippen LogP contribution in [0.3, 0.4) is 0 Å². The Bertz CT molecular complexity index is 745. The lowest BCUT2D eigenvalue weighted by Crippen LogP contribution is -2.36. The predicted octanol–water partition coefficient (Wildman–Crippen LogP) is 4.10. The molecule has 1 saturated carbocycles. The number of carbonyl (C=O) groups excluding carboxylic acids is 1. The van der Waals surface area contributed by atoms with Gasteiger partial charge in [0, 0.05) is 16.6 Å². The lowest BCUT2D eigenvalue weighted by molar-refractivity contribution is -0.122. The summed E-state index contributed by atoms with van der Waals surface area (Å²) in [6, 6.07) is 7.61. The summed E-state index contributed by atoms with van der Waals surface area (Å²) in [5, 5.41) is 10.8. The van der Waals surface area contributed by atoms with Crippen molar-refractivity contribution >= 4 is 29.7 Å². The summed E-state index contributed by atoms with van der Waals surface area (Å²) in [5.74, 6) is 0.627. The molecule has 5 nitrogen and oxygen atoms in total. The Hall–Kier alpha value is -1.66. The zero-order valence-corrected chi connectivity index (χ0v) is 15.0. The van der Waals surface area contributed by atoms with Crippen LogP contribution in [0.1, 0.15) is 38.5 Å². The number of nitrogens with zero attached hydrogens (tertiary/aromatic N) is 2. The summed E-state index contributed by atoms with van der Waals surface area (Å²) in [5.41, 5.74) is 0.869. The van der Waals surface area contributed by atoms with E-state index in [9.17, 15) is 4.79 Å². The van der Waals surface area contributed by atoms with Gasteiger partial charge in [-0.1, -0.05) is 37.3 Å². The van der Waals surface area contributed by atoms with E-state index in [2.05, 4.69) is 15.5 Å². The molecule has 2 N–H and O–H groups in total. The first-order valence-electron chi connectivity index (χ1n) is 8.34. The summed E-state index contributed by atoms with van der Waals surface area (Å²) in [6.07, 6.45) is 7.02. The van der Waals surface area contributed by atoms with Gasteiger partial charge in [-0.25, -0.2) is 0 Å². The molecule has 0 atom stereocenters. The maximum absolute atomic E-state index is 12.4. The van der Waals surface area contributed by atoms with Gasteiger partial charge in [-0.2, -0.15) is 5.10 Å². The molecule has 1 fully saturated rings. The molecule has 1 aliphatic carbocycles. The third-order valence-corrected chi connectivity index (χ3v) is 4.95. The zero-order valence-electron chi connectivity index (χ0n) is 13.4. The van der Waals surface area contributed by atoms with Crippen molar-refractivity contribution in [3.8, 4) is 11.4 Å². The van der Waals surface area contributed by atoms with Gasteiger partial charge in [-0.05, 0) is 49.3 Å². The number of carbonyl (C=O) groups is 1. The number of hydrogen-bond donors (Lipinski definition) is 2. The number of halogens is 1. The minimum absolute atomic E-state index is 0.0189. The quantitative estimate of drug-likeness (QED) is 0.634. The highest BCUT2D eigenvalue weighted by Gasteiger charge is 2.17. The highest BCUT2D eigenvalue weighted by atomic mass is 35.5. The van der Waals surface area contributed by atoms with Crippen LogP contribution in [0.2, 0.25) is 5.02 Å². The van der Waals surface area contributed by atoms with Gasteiger partial charge in [0.2, 0.25) is 5.91 Å². The van der Waals surface area contributed by atoms with Crippen molar-refractivity contribution in [2.75, 3.05) is 0 Å². The molecule has 0 aliphatic heterocycles. The highest BCUT2D eigenvalue weighted by Crippen LogP contribution is 2.20. The maximum atomic E-state index is 12.4. The smallest absolute Gasteiger partial charge is 0.240 e. The normalized spacial score (nSPS) is 15.9. The van der Waals surface area contributed by atoms with Crippen LogP contribution < -0.4 is 5.32 Å². The molecular formula is C17H21ClN4OS. The Balaban J connectivity index is 1.72. The molecule has 0 saturated heterocycles. The molecule has 128 valence electrons. The maximum Gasteiger partial charge on any atom is 0.240 e. The van der Waals surface area contributed by atoms with E-state index < -0.39 is 0 Å². The van der Waals surface area contributed by atoms with Gasteiger partial charge in [0.25, 0.3) is 0 Å². The largest absolute Gasteiger partial charge is 0.352 e. The molecule has 1 aromatic carbocycles. The van der Waals surface area contributed by atoms with Crippen molar-refractivity contribution < 1.29 is 4.79 Å². The Morgan fingerprint density at radius 1 is 1.25 bits per heavy atom. The summed E-state index contributed by atoms with van der Waals surface area (Å²) < 4.78 is 2.17. The first kappa shape index (κ1) is 17.2. The summed E-state index contributed by atoms with van der Waals surface area (Å²) >= 11 is 11.2. The minimum atomic E-state index is -0.0189. The summed E-state index contributed by atoms with van der Waals surface area (Å²) in [6.45, 7) is 0.170. The van der Waals surface area contributed by atoms with E-state index >= 15 is 0 Å². The van der Waals surface area contributed by atoms with Crippen LogP contribution in [0.15, 0.2) is 24.3 Å². The molecule has 0 unspecified atom stereocenters. The molecule has 24 heavy (non-hydrogen) atoms. The second-order valence-electron chi connectivity index (χ2n) is 6.20. The van der Waals surface area contributed by atoms with Gasteiger partial charge < -0.3 is 5.32 Å². The van der Waals surface area contributed by atoms with Gasteiger partial charge in [-0.15, -0.1) is 0 Å². The van der Waals surface area contributed by atoms with E-state index in [1.165, 1.54) is 25.7 Å². The average Bonchev–Trinajstić information content (AvgIpc) is 2.76. The van der Waals surface area contributed by atoms with Crippen molar-refractivity contribution in [1.29, 1.82) is 0 Å². The molecule has 1 aliphatic rings. The van der Waals surface area contributed by atoms with Crippen molar-refractivity contribution in [2.24, 2.45) is 0 Å². The summed E-state index contributed by atoms with van der Waals surface area (Å²) in [7, 11) is 0. The van der Waals surface area contributed by atoms with Crippen molar-refractivity contribution in [1.82, 2.24) is 20.1 Å². The number of nitrogens with one attached hydrogen (secondary N) is 2. The van der Waals surface area contributed by atoms with Crippen LogP contribution in [-0.4, -0.2) is 26.7 Å². The molecule has 1 aromatic heterocycles. The van der Waals surface area contributed by atoms with Crippen molar-refractivity contribution in [3.63, 3.8) is 0 Å². The number of aromatic nitrogens is 3. The number of aromatic amines is 1.